The second-order valence-electron chi connectivity index (χ2n) is 3.54. The van der Waals surface area contributed by atoms with Crippen LogP contribution in [0.3, 0.4) is 0 Å². The van der Waals surface area contributed by atoms with Gasteiger partial charge in [0.15, 0.2) is 0 Å². The van der Waals surface area contributed by atoms with E-state index in [4.69, 9.17) is 4.74 Å². The van der Waals surface area contributed by atoms with E-state index in [0.29, 0.717) is 6.04 Å². The van der Waals surface area contributed by atoms with Crippen LogP contribution in [0.5, 0.6) is 5.75 Å². The molecule has 1 N–H and O–H groups in total. The minimum absolute atomic E-state index is 0.378. The summed E-state index contributed by atoms with van der Waals surface area (Å²) >= 11 is 1.85. The third-order valence-corrected chi connectivity index (χ3v) is 3.04. The molecule has 0 saturated heterocycles. The van der Waals surface area contributed by atoms with E-state index < -0.39 is 0 Å². The van der Waals surface area contributed by atoms with Crippen molar-refractivity contribution in [3.63, 3.8) is 0 Å². The molecule has 90 valence electrons. The molecular formula is C13H21NOS. The lowest BCUT2D eigenvalue weighted by molar-refractivity contribution is 0.333. The van der Waals surface area contributed by atoms with Crippen LogP contribution in [0, 0.1) is 0 Å². The van der Waals surface area contributed by atoms with Crippen LogP contribution in [0.2, 0.25) is 0 Å². The van der Waals surface area contributed by atoms with Gasteiger partial charge in [-0.25, -0.2) is 0 Å². The zero-order valence-corrected chi connectivity index (χ0v) is 11.1. The third-order valence-electron chi connectivity index (χ3n) is 2.38. The van der Waals surface area contributed by atoms with Crippen molar-refractivity contribution in [2.24, 2.45) is 0 Å². The normalized spacial score (nSPS) is 12.4. The van der Waals surface area contributed by atoms with E-state index >= 15 is 0 Å². The van der Waals surface area contributed by atoms with Gasteiger partial charge in [0.2, 0.25) is 0 Å². The van der Waals surface area contributed by atoms with Gasteiger partial charge < -0.3 is 10.1 Å². The summed E-state index contributed by atoms with van der Waals surface area (Å²) in [5.41, 5.74) is 1.26. The summed E-state index contributed by atoms with van der Waals surface area (Å²) in [5.74, 6) is 2.07. The zero-order chi connectivity index (χ0) is 11.8. The maximum absolute atomic E-state index is 5.66. The maximum atomic E-state index is 5.66. The van der Waals surface area contributed by atoms with Gasteiger partial charge in [0.1, 0.15) is 5.75 Å². The van der Waals surface area contributed by atoms with Gasteiger partial charge in [0.05, 0.1) is 6.61 Å². The van der Waals surface area contributed by atoms with Gasteiger partial charge in [-0.3, -0.25) is 0 Å². The fraction of sp³-hybridized carbons (Fsp3) is 0.538. The largest absolute Gasteiger partial charge is 0.494 e. The smallest absolute Gasteiger partial charge is 0.124 e. The van der Waals surface area contributed by atoms with Gasteiger partial charge in [0.25, 0.3) is 0 Å². The molecule has 0 aliphatic heterocycles. The van der Waals surface area contributed by atoms with E-state index in [1.54, 1.807) is 0 Å². The molecule has 0 bridgehead atoms. The Hall–Kier alpha value is -0.670. The zero-order valence-electron chi connectivity index (χ0n) is 10.3. The highest BCUT2D eigenvalue weighted by atomic mass is 32.2. The average molecular weight is 239 g/mol. The Balaban J connectivity index is 2.87. The first-order valence-corrected chi connectivity index (χ1v) is 7.16. The van der Waals surface area contributed by atoms with Crippen molar-refractivity contribution in [1.29, 1.82) is 0 Å². The highest BCUT2D eigenvalue weighted by molar-refractivity contribution is 7.98. The summed E-state index contributed by atoms with van der Waals surface area (Å²) in [6, 6.07) is 8.67. The van der Waals surface area contributed by atoms with Crippen LogP contribution in [-0.4, -0.2) is 25.2 Å². The lowest BCUT2D eigenvalue weighted by Crippen LogP contribution is -2.23. The number of nitrogens with one attached hydrogen (secondary N) is 1. The predicted molar refractivity (Wildman–Crippen MR) is 72.4 cm³/mol. The summed E-state index contributed by atoms with van der Waals surface area (Å²) in [6.45, 7) is 5.85. The second kappa shape index (κ2) is 7.58. The van der Waals surface area contributed by atoms with Crippen molar-refractivity contribution in [3.05, 3.63) is 29.8 Å². The van der Waals surface area contributed by atoms with E-state index in [-0.39, 0.29) is 0 Å². The molecule has 1 aromatic carbocycles. The Bertz CT molecular complexity index is 298. The van der Waals surface area contributed by atoms with Gasteiger partial charge in [-0.15, -0.1) is 0 Å². The van der Waals surface area contributed by atoms with E-state index in [1.807, 2.05) is 30.8 Å². The molecule has 0 aromatic heterocycles. The average Bonchev–Trinajstić information content (AvgIpc) is 2.30. The Labute approximate surface area is 103 Å². The lowest BCUT2D eigenvalue weighted by atomic mass is 10.1. The monoisotopic (exact) mass is 239 g/mol. The van der Waals surface area contributed by atoms with Crippen molar-refractivity contribution in [2.45, 2.75) is 19.9 Å². The van der Waals surface area contributed by atoms with Crippen LogP contribution in [0.25, 0.3) is 0 Å². The van der Waals surface area contributed by atoms with Crippen LogP contribution < -0.4 is 10.1 Å². The van der Waals surface area contributed by atoms with Gasteiger partial charge in [0, 0.05) is 17.4 Å². The first kappa shape index (κ1) is 13.4. The van der Waals surface area contributed by atoms with Crippen molar-refractivity contribution in [1.82, 2.24) is 5.32 Å². The SMILES string of the molecule is CCNC(CSC)c1ccccc1OCC. The topological polar surface area (TPSA) is 21.3 Å². The molecule has 0 radical (unpaired) electrons. The van der Waals surface area contributed by atoms with Crippen molar-refractivity contribution < 1.29 is 4.74 Å². The molecule has 0 aliphatic carbocycles. The molecule has 2 nitrogen and oxygen atoms in total. The van der Waals surface area contributed by atoms with Gasteiger partial charge in [-0.05, 0) is 25.8 Å². The van der Waals surface area contributed by atoms with Crippen molar-refractivity contribution in [2.75, 3.05) is 25.2 Å². The maximum Gasteiger partial charge on any atom is 0.124 e. The summed E-state index contributed by atoms with van der Waals surface area (Å²) < 4.78 is 5.66. The fourth-order valence-corrected chi connectivity index (χ4v) is 2.36. The number of hydrogen-bond acceptors (Lipinski definition) is 3. The Morgan fingerprint density at radius 3 is 2.69 bits per heavy atom. The molecule has 0 fully saturated rings. The standard InChI is InChI=1S/C13H21NOS/c1-4-14-12(10-16-3)11-8-6-7-9-13(11)15-5-2/h6-9,12,14H,4-5,10H2,1-3H3. The summed E-state index contributed by atoms with van der Waals surface area (Å²) in [7, 11) is 0. The number of para-hydroxylation sites is 1. The summed E-state index contributed by atoms with van der Waals surface area (Å²) in [5, 5.41) is 3.50. The van der Waals surface area contributed by atoms with Crippen LogP contribution >= 0.6 is 11.8 Å². The lowest BCUT2D eigenvalue weighted by Gasteiger charge is -2.20. The number of benzene rings is 1. The van der Waals surface area contributed by atoms with E-state index in [1.165, 1.54) is 5.56 Å². The quantitative estimate of drug-likeness (QED) is 0.790. The fourth-order valence-electron chi connectivity index (χ4n) is 1.73. The molecule has 1 unspecified atom stereocenters. The van der Waals surface area contributed by atoms with E-state index in [2.05, 4.69) is 30.6 Å². The van der Waals surface area contributed by atoms with Crippen LogP contribution in [0.4, 0.5) is 0 Å². The van der Waals surface area contributed by atoms with E-state index in [9.17, 15) is 0 Å². The van der Waals surface area contributed by atoms with Crippen molar-refractivity contribution in [3.8, 4) is 5.75 Å². The van der Waals surface area contributed by atoms with Crippen LogP contribution in [0.15, 0.2) is 24.3 Å². The van der Waals surface area contributed by atoms with Gasteiger partial charge in [-0.1, -0.05) is 25.1 Å². The molecule has 0 saturated carbocycles. The van der Waals surface area contributed by atoms with Gasteiger partial charge in [-0.2, -0.15) is 11.8 Å². The highest BCUT2D eigenvalue weighted by Gasteiger charge is 2.13. The molecule has 1 rings (SSSR count). The third kappa shape index (κ3) is 3.72. The Morgan fingerprint density at radius 2 is 2.06 bits per heavy atom. The summed E-state index contributed by atoms with van der Waals surface area (Å²) in [6.07, 6.45) is 2.13. The highest BCUT2D eigenvalue weighted by Crippen LogP contribution is 2.26. The summed E-state index contributed by atoms with van der Waals surface area (Å²) in [4.78, 5) is 0. The molecule has 16 heavy (non-hydrogen) atoms. The Morgan fingerprint density at radius 1 is 1.31 bits per heavy atom. The predicted octanol–water partition coefficient (Wildman–Crippen LogP) is 3.10. The molecule has 1 atom stereocenters. The minimum atomic E-state index is 0.378. The number of thioether (sulfide) groups is 1. The number of hydrogen-bond donors (Lipinski definition) is 1. The van der Waals surface area contributed by atoms with Crippen LogP contribution in [0.1, 0.15) is 25.5 Å². The molecule has 0 amide bonds. The number of rotatable bonds is 7. The molecule has 0 aliphatic rings. The molecule has 1 aromatic rings. The molecule has 0 spiro atoms. The molecule has 3 heteroatoms. The first-order chi connectivity index (χ1) is 7.83. The van der Waals surface area contributed by atoms with E-state index in [0.717, 1.165) is 24.7 Å². The molecule has 0 heterocycles. The minimum Gasteiger partial charge on any atom is -0.494 e. The first-order valence-electron chi connectivity index (χ1n) is 5.77. The molecular weight excluding hydrogens is 218 g/mol. The number of ether oxygens (including phenoxy) is 1. The second-order valence-corrected chi connectivity index (χ2v) is 4.45. The van der Waals surface area contributed by atoms with Crippen LogP contribution in [-0.2, 0) is 0 Å². The van der Waals surface area contributed by atoms with Crippen molar-refractivity contribution >= 4 is 11.8 Å². The van der Waals surface area contributed by atoms with Gasteiger partial charge >= 0.3 is 0 Å². The Kier molecular flexibility index (Phi) is 6.34.